The van der Waals surface area contributed by atoms with Crippen LogP contribution in [0.15, 0.2) is 95.5 Å². The predicted octanol–water partition coefficient (Wildman–Crippen LogP) is 7.72. The SMILES string of the molecule is CC.FC(F)(F)c1ccccc1CSC1=NC[C@@H](C2=CC=CCC=C2)[C@@H](c2ccccc2)N1. The molecule has 33 heavy (non-hydrogen) atoms. The van der Waals surface area contributed by atoms with Gasteiger partial charge in [0.15, 0.2) is 5.17 Å². The molecule has 0 spiro atoms. The number of rotatable bonds is 4. The molecule has 2 atom stereocenters. The maximum absolute atomic E-state index is 13.3. The molecule has 0 unspecified atom stereocenters. The lowest BCUT2D eigenvalue weighted by Gasteiger charge is -2.33. The van der Waals surface area contributed by atoms with E-state index in [1.807, 2.05) is 32.0 Å². The van der Waals surface area contributed by atoms with E-state index in [-0.39, 0.29) is 23.3 Å². The zero-order chi connectivity index (χ0) is 23.7. The summed E-state index contributed by atoms with van der Waals surface area (Å²) < 4.78 is 39.9. The number of alkyl halides is 3. The van der Waals surface area contributed by atoms with Crippen LogP contribution in [0.4, 0.5) is 13.2 Å². The van der Waals surface area contributed by atoms with E-state index < -0.39 is 11.7 Å². The first kappa shape index (κ1) is 24.9. The normalized spacial score (nSPS) is 20.0. The van der Waals surface area contributed by atoms with E-state index in [4.69, 9.17) is 0 Å². The Morgan fingerprint density at radius 2 is 1.73 bits per heavy atom. The summed E-state index contributed by atoms with van der Waals surface area (Å²) in [4.78, 5) is 4.69. The minimum Gasteiger partial charge on any atom is -0.357 e. The van der Waals surface area contributed by atoms with Gasteiger partial charge >= 0.3 is 6.18 Å². The molecule has 0 saturated carbocycles. The van der Waals surface area contributed by atoms with E-state index in [2.05, 4.69) is 52.8 Å². The number of allylic oxidation sites excluding steroid dienone is 5. The summed E-state index contributed by atoms with van der Waals surface area (Å²) in [5, 5.41) is 4.18. The number of halogens is 3. The highest BCUT2D eigenvalue weighted by Gasteiger charge is 2.33. The van der Waals surface area contributed by atoms with Crippen LogP contribution in [0.3, 0.4) is 0 Å². The van der Waals surface area contributed by atoms with Crippen molar-refractivity contribution in [1.29, 1.82) is 0 Å². The highest BCUT2D eigenvalue weighted by atomic mass is 32.2. The Hall–Kier alpha value is -2.73. The van der Waals surface area contributed by atoms with Crippen molar-refractivity contribution in [2.45, 2.75) is 38.2 Å². The molecule has 0 radical (unpaired) electrons. The van der Waals surface area contributed by atoms with Crippen LogP contribution in [0.5, 0.6) is 0 Å². The molecule has 0 fully saturated rings. The lowest BCUT2D eigenvalue weighted by atomic mass is 9.85. The molecule has 1 N–H and O–H groups in total. The third-order valence-electron chi connectivity index (χ3n) is 5.39. The average molecular weight is 471 g/mol. The van der Waals surface area contributed by atoms with Gasteiger partial charge in [0.1, 0.15) is 0 Å². The Kier molecular flexibility index (Phi) is 9.01. The first-order valence-electron chi connectivity index (χ1n) is 11.2. The molecule has 6 heteroatoms. The second-order valence-corrected chi connectivity index (χ2v) is 8.43. The van der Waals surface area contributed by atoms with E-state index in [1.54, 1.807) is 6.07 Å². The Labute approximate surface area is 198 Å². The number of thioether (sulfide) groups is 1. The highest BCUT2D eigenvalue weighted by molar-refractivity contribution is 8.13. The van der Waals surface area contributed by atoms with Crippen LogP contribution < -0.4 is 5.32 Å². The molecule has 0 aromatic heterocycles. The van der Waals surface area contributed by atoms with E-state index >= 15 is 0 Å². The molecule has 0 bridgehead atoms. The van der Waals surface area contributed by atoms with Crippen molar-refractivity contribution in [3.63, 3.8) is 0 Å². The minimum atomic E-state index is -4.36. The van der Waals surface area contributed by atoms with Crippen LogP contribution in [-0.4, -0.2) is 11.7 Å². The van der Waals surface area contributed by atoms with Crippen molar-refractivity contribution < 1.29 is 13.2 Å². The van der Waals surface area contributed by atoms with Crippen molar-refractivity contribution >= 4 is 16.9 Å². The molecular formula is C27H29F3N2S. The molecule has 0 amide bonds. The topological polar surface area (TPSA) is 24.4 Å². The fourth-order valence-electron chi connectivity index (χ4n) is 3.84. The first-order valence-corrected chi connectivity index (χ1v) is 12.2. The zero-order valence-corrected chi connectivity index (χ0v) is 19.7. The van der Waals surface area contributed by atoms with Crippen molar-refractivity contribution in [2.24, 2.45) is 10.9 Å². The summed E-state index contributed by atoms with van der Waals surface area (Å²) in [5.74, 6) is 0.354. The molecule has 0 saturated heterocycles. The third kappa shape index (κ3) is 6.64. The van der Waals surface area contributed by atoms with Gasteiger partial charge in [-0.1, -0.05) is 105 Å². The van der Waals surface area contributed by atoms with Gasteiger partial charge in [0.25, 0.3) is 0 Å². The number of hydrogen-bond donors (Lipinski definition) is 1. The van der Waals surface area contributed by atoms with Crippen LogP contribution in [0.1, 0.15) is 43.0 Å². The molecule has 1 aliphatic heterocycles. The maximum Gasteiger partial charge on any atom is 0.416 e. The third-order valence-corrected chi connectivity index (χ3v) is 6.37. The second kappa shape index (κ2) is 11.9. The summed E-state index contributed by atoms with van der Waals surface area (Å²) in [6, 6.07) is 15.9. The number of nitrogens with zero attached hydrogens (tertiary/aromatic N) is 1. The van der Waals surface area contributed by atoms with E-state index in [9.17, 15) is 13.2 Å². The lowest BCUT2D eigenvalue weighted by Crippen LogP contribution is -2.38. The first-order chi connectivity index (χ1) is 16.0. The van der Waals surface area contributed by atoms with Gasteiger partial charge < -0.3 is 5.32 Å². The van der Waals surface area contributed by atoms with Crippen LogP contribution >= 0.6 is 11.8 Å². The van der Waals surface area contributed by atoms with Gasteiger partial charge in [-0.25, -0.2) is 0 Å². The van der Waals surface area contributed by atoms with Gasteiger partial charge in [0, 0.05) is 11.7 Å². The molecule has 1 heterocycles. The summed E-state index contributed by atoms with van der Waals surface area (Å²) in [5.41, 5.74) is 2.02. The largest absolute Gasteiger partial charge is 0.416 e. The van der Waals surface area contributed by atoms with Gasteiger partial charge in [0.05, 0.1) is 18.2 Å². The number of nitrogens with one attached hydrogen (secondary N) is 1. The summed E-state index contributed by atoms with van der Waals surface area (Å²) in [6.45, 7) is 4.58. The van der Waals surface area contributed by atoms with E-state index in [1.165, 1.54) is 29.5 Å². The standard InChI is InChI=1S/C25H23F3N2S.C2H6/c26-25(27,28)22-15-9-8-14-20(22)17-31-24-29-16-21(18-10-4-1-2-5-11-18)23(30-24)19-12-6-3-7-13-19;1-2/h1,3-15,21,23H,2,16-17H2,(H,29,30);1-2H3/t21-,23+;/m0./s1. The Morgan fingerprint density at radius 1 is 1.00 bits per heavy atom. The summed E-state index contributed by atoms with van der Waals surface area (Å²) in [6.07, 6.45) is 7.13. The van der Waals surface area contributed by atoms with Crippen molar-refractivity contribution in [2.75, 3.05) is 6.54 Å². The fourth-order valence-corrected chi connectivity index (χ4v) is 4.76. The Bertz CT molecular complexity index is 1020. The van der Waals surface area contributed by atoms with Gasteiger partial charge in [0.2, 0.25) is 0 Å². The number of benzene rings is 2. The highest BCUT2D eigenvalue weighted by Crippen LogP contribution is 2.36. The van der Waals surface area contributed by atoms with Crippen molar-refractivity contribution in [3.8, 4) is 0 Å². The molecule has 2 aliphatic rings. The average Bonchev–Trinajstić information content (AvgIpc) is 3.14. The molecule has 1 aliphatic carbocycles. The number of aliphatic imine (C=N–C) groups is 1. The molecule has 4 rings (SSSR count). The summed E-state index contributed by atoms with van der Waals surface area (Å²) >= 11 is 1.32. The Balaban J connectivity index is 0.00000149. The minimum absolute atomic E-state index is 0.00135. The smallest absolute Gasteiger partial charge is 0.357 e. The predicted molar refractivity (Wildman–Crippen MR) is 133 cm³/mol. The fraction of sp³-hybridized carbons (Fsp3) is 0.296. The second-order valence-electron chi connectivity index (χ2n) is 7.46. The molecule has 2 nitrogen and oxygen atoms in total. The number of amidine groups is 1. The van der Waals surface area contributed by atoms with E-state index in [0.717, 1.165) is 18.1 Å². The summed E-state index contributed by atoms with van der Waals surface area (Å²) in [7, 11) is 0. The lowest BCUT2D eigenvalue weighted by molar-refractivity contribution is -0.138. The van der Waals surface area contributed by atoms with Crippen LogP contribution in [0.2, 0.25) is 0 Å². The molecule has 2 aromatic rings. The van der Waals surface area contributed by atoms with Crippen molar-refractivity contribution in [1.82, 2.24) is 5.32 Å². The molecule has 2 aromatic carbocycles. The van der Waals surface area contributed by atoms with Crippen LogP contribution in [-0.2, 0) is 11.9 Å². The maximum atomic E-state index is 13.3. The number of hydrogen-bond acceptors (Lipinski definition) is 3. The molecule has 174 valence electrons. The van der Waals surface area contributed by atoms with Crippen LogP contribution in [0, 0.1) is 5.92 Å². The van der Waals surface area contributed by atoms with Gasteiger partial charge in [-0.2, -0.15) is 13.2 Å². The monoisotopic (exact) mass is 470 g/mol. The Morgan fingerprint density at radius 3 is 2.48 bits per heavy atom. The van der Waals surface area contributed by atoms with Gasteiger partial charge in [-0.05, 0) is 29.2 Å². The zero-order valence-electron chi connectivity index (χ0n) is 18.8. The van der Waals surface area contributed by atoms with Crippen molar-refractivity contribution in [3.05, 3.63) is 107 Å². The van der Waals surface area contributed by atoms with Crippen LogP contribution in [0.25, 0.3) is 0 Å². The van der Waals surface area contributed by atoms with E-state index in [0.29, 0.717) is 11.7 Å². The molecular weight excluding hydrogens is 441 g/mol. The van der Waals surface area contributed by atoms with Gasteiger partial charge in [-0.15, -0.1) is 0 Å². The quantitative estimate of drug-likeness (QED) is 0.495. The van der Waals surface area contributed by atoms with Gasteiger partial charge in [-0.3, -0.25) is 4.99 Å².